The van der Waals surface area contributed by atoms with E-state index < -0.39 is 11.5 Å². The minimum atomic E-state index is -0.642. The molecule has 136 valence electrons. The molecule has 0 amide bonds. The highest BCUT2D eigenvalue weighted by Gasteiger charge is 2.49. The lowest BCUT2D eigenvalue weighted by Crippen LogP contribution is -2.52. The number of carbonyl (C=O) groups excluding carboxylic acids is 1. The molecule has 0 saturated heterocycles. The highest BCUT2D eigenvalue weighted by atomic mass is 16.5. The van der Waals surface area contributed by atoms with Crippen molar-refractivity contribution in [3.8, 4) is 0 Å². The van der Waals surface area contributed by atoms with Crippen LogP contribution in [0.15, 0.2) is 73.3 Å². The average molecular weight is 350 g/mol. The molecule has 1 N–H and O–H groups in total. The van der Waals surface area contributed by atoms with E-state index in [9.17, 15) is 9.90 Å². The maximum Gasteiger partial charge on any atom is 0.338 e. The standard InChI is InChI=1S/C23H26O3/c1-2-11-20(24)23(19-14-7-4-8-15-19)17-10-9-16-21(23)26-22(25)18-12-5-3-6-13-18/h2-8,12-15,20-21,24H,1,9-11,16-17H2/t20-,21-,23+/m0/s1. The lowest BCUT2D eigenvalue weighted by molar-refractivity contribution is -0.0568. The largest absolute Gasteiger partial charge is 0.458 e. The molecular formula is C23H26O3. The zero-order chi connectivity index (χ0) is 18.4. The van der Waals surface area contributed by atoms with Gasteiger partial charge in [0.05, 0.1) is 17.1 Å². The van der Waals surface area contributed by atoms with Crippen molar-refractivity contribution in [3.05, 3.63) is 84.4 Å². The van der Waals surface area contributed by atoms with Crippen molar-refractivity contribution in [1.29, 1.82) is 0 Å². The van der Waals surface area contributed by atoms with Crippen LogP contribution in [0, 0.1) is 0 Å². The van der Waals surface area contributed by atoms with Crippen LogP contribution in [-0.2, 0) is 10.2 Å². The van der Waals surface area contributed by atoms with Gasteiger partial charge in [-0.25, -0.2) is 4.79 Å². The second kappa shape index (κ2) is 8.33. The second-order valence-electron chi connectivity index (χ2n) is 6.95. The summed E-state index contributed by atoms with van der Waals surface area (Å²) in [5.74, 6) is -0.330. The fourth-order valence-corrected chi connectivity index (χ4v) is 4.12. The van der Waals surface area contributed by atoms with Gasteiger partial charge in [0.25, 0.3) is 0 Å². The van der Waals surface area contributed by atoms with Crippen LogP contribution in [0.5, 0.6) is 0 Å². The second-order valence-corrected chi connectivity index (χ2v) is 6.95. The first-order valence-corrected chi connectivity index (χ1v) is 9.29. The van der Waals surface area contributed by atoms with E-state index in [0.717, 1.165) is 31.2 Å². The smallest absolute Gasteiger partial charge is 0.338 e. The van der Waals surface area contributed by atoms with E-state index in [4.69, 9.17) is 4.74 Å². The molecule has 1 fully saturated rings. The van der Waals surface area contributed by atoms with Gasteiger partial charge < -0.3 is 9.84 Å². The number of esters is 1. The molecule has 0 spiro atoms. The Bertz CT molecular complexity index is 726. The summed E-state index contributed by atoms with van der Waals surface area (Å²) in [5, 5.41) is 11.1. The number of hydrogen-bond donors (Lipinski definition) is 1. The van der Waals surface area contributed by atoms with Gasteiger partial charge in [-0.1, -0.05) is 61.0 Å². The van der Waals surface area contributed by atoms with Gasteiger partial charge in [-0.15, -0.1) is 6.58 Å². The maximum absolute atomic E-state index is 12.7. The van der Waals surface area contributed by atoms with E-state index >= 15 is 0 Å². The molecule has 0 aliphatic heterocycles. The van der Waals surface area contributed by atoms with E-state index in [2.05, 4.69) is 6.58 Å². The fraction of sp³-hybridized carbons (Fsp3) is 0.348. The van der Waals surface area contributed by atoms with Crippen molar-refractivity contribution < 1.29 is 14.6 Å². The third-order valence-electron chi connectivity index (χ3n) is 5.44. The predicted molar refractivity (Wildman–Crippen MR) is 103 cm³/mol. The number of carbonyl (C=O) groups is 1. The van der Waals surface area contributed by atoms with Crippen molar-refractivity contribution in [2.45, 2.75) is 49.7 Å². The summed E-state index contributed by atoms with van der Waals surface area (Å²) >= 11 is 0. The zero-order valence-corrected chi connectivity index (χ0v) is 15.0. The Morgan fingerprint density at radius 1 is 1.15 bits per heavy atom. The summed E-state index contributed by atoms with van der Waals surface area (Å²) in [6.45, 7) is 3.79. The minimum Gasteiger partial charge on any atom is -0.458 e. The van der Waals surface area contributed by atoms with Gasteiger partial charge in [0, 0.05) is 0 Å². The third-order valence-corrected chi connectivity index (χ3v) is 5.44. The molecule has 2 aromatic carbocycles. The summed E-state index contributed by atoms with van der Waals surface area (Å²) in [7, 11) is 0. The molecule has 1 saturated carbocycles. The number of aliphatic hydroxyl groups excluding tert-OH is 1. The molecule has 3 rings (SSSR count). The number of hydrogen-bond acceptors (Lipinski definition) is 3. The summed E-state index contributed by atoms with van der Waals surface area (Å²) in [6, 6.07) is 19.0. The molecule has 2 aromatic rings. The highest BCUT2D eigenvalue weighted by Crippen LogP contribution is 2.45. The summed E-state index contributed by atoms with van der Waals surface area (Å²) in [4.78, 5) is 12.7. The topological polar surface area (TPSA) is 46.5 Å². The Morgan fingerprint density at radius 3 is 2.46 bits per heavy atom. The van der Waals surface area contributed by atoms with Gasteiger partial charge >= 0.3 is 5.97 Å². The van der Waals surface area contributed by atoms with Crippen LogP contribution in [-0.4, -0.2) is 23.3 Å². The number of aliphatic hydroxyl groups is 1. The van der Waals surface area contributed by atoms with Crippen LogP contribution in [0.1, 0.15) is 48.0 Å². The van der Waals surface area contributed by atoms with E-state index in [1.54, 1.807) is 18.2 Å². The predicted octanol–water partition coefficient (Wildman–Crippen LogP) is 4.66. The number of rotatable bonds is 6. The van der Waals surface area contributed by atoms with Crippen LogP contribution >= 0.6 is 0 Å². The van der Waals surface area contributed by atoms with Gasteiger partial charge in [-0.2, -0.15) is 0 Å². The first-order valence-electron chi connectivity index (χ1n) is 9.29. The SMILES string of the molecule is C=CC[C@H](O)[C@]1(c2ccccc2)CCCC[C@@H]1OC(=O)c1ccccc1. The van der Waals surface area contributed by atoms with Gasteiger partial charge in [0.2, 0.25) is 0 Å². The van der Waals surface area contributed by atoms with E-state index in [1.807, 2.05) is 48.5 Å². The van der Waals surface area contributed by atoms with Crippen LogP contribution in [0.25, 0.3) is 0 Å². The van der Waals surface area contributed by atoms with Crippen molar-refractivity contribution in [2.24, 2.45) is 0 Å². The van der Waals surface area contributed by atoms with Gasteiger partial charge in [0.1, 0.15) is 6.10 Å². The molecule has 0 bridgehead atoms. The highest BCUT2D eigenvalue weighted by molar-refractivity contribution is 5.89. The van der Waals surface area contributed by atoms with Crippen molar-refractivity contribution in [2.75, 3.05) is 0 Å². The Hall–Kier alpha value is -2.39. The van der Waals surface area contributed by atoms with Crippen molar-refractivity contribution in [3.63, 3.8) is 0 Å². The Balaban J connectivity index is 1.96. The van der Waals surface area contributed by atoms with Gasteiger partial charge in [0.15, 0.2) is 0 Å². The molecular weight excluding hydrogens is 324 g/mol. The Labute approximate surface area is 155 Å². The lowest BCUT2D eigenvalue weighted by atomic mass is 9.63. The van der Waals surface area contributed by atoms with Crippen LogP contribution < -0.4 is 0 Å². The molecule has 3 heteroatoms. The maximum atomic E-state index is 12.7. The molecule has 1 aliphatic carbocycles. The first kappa shape index (κ1) is 18.4. The molecule has 1 aliphatic rings. The molecule has 0 unspecified atom stereocenters. The summed E-state index contributed by atoms with van der Waals surface area (Å²) in [5.41, 5.74) is 0.969. The monoisotopic (exact) mass is 350 g/mol. The average Bonchev–Trinajstić information content (AvgIpc) is 2.70. The fourth-order valence-electron chi connectivity index (χ4n) is 4.12. The van der Waals surface area contributed by atoms with Crippen LogP contribution in [0.4, 0.5) is 0 Å². The zero-order valence-electron chi connectivity index (χ0n) is 15.0. The van der Waals surface area contributed by atoms with E-state index in [-0.39, 0.29) is 12.1 Å². The number of benzene rings is 2. The lowest BCUT2D eigenvalue weighted by Gasteiger charge is -2.46. The van der Waals surface area contributed by atoms with Crippen molar-refractivity contribution in [1.82, 2.24) is 0 Å². The molecule has 3 atom stereocenters. The quantitative estimate of drug-likeness (QED) is 0.609. The summed E-state index contributed by atoms with van der Waals surface area (Å²) < 4.78 is 5.98. The van der Waals surface area contributed by atoms with E-state index in [0.29, 0.717) is 12.0 Å². The Kier molecular flexibility index (Phi) is 5.89. The first-order chi connectivity index (χ1) is 12.7. The van der Waals surface area contributed by atoms with Gasteiger partial charge in [-0.3, -0.25) is 0 Å². The molecule has 3 nitrogen and oxygen atoms in total. The minimum absolute atomic E-state index is 0.330. The normalized spacial score (nSPS) is 23.8. The third kappa shape index (κ3) is 3.58. The van der Waals surface area contributed by atoms with E-state index in [1.165, 1.54) is 0 Å². The van der Waals surface area contributed by atoms with Crippen LogP contribution in [0.3, 0.4) is 0 Å². The molecule has 0 heterocycles. The summed E-state index contributed by atoms with van der Waals surface area (Å²) in [6.07, 6.45) is 4.73. The van der Waals surface area contributed by atoms with Crippen molar-refractivity contribution >= 4 is 5.97 Å². The van der Waals surface area contributed by atoms with Gasteiger partial charge in [-0.05, 0) is 43.4 Å². The van der Waals surface area contributed by atoms with Crippen LogP contribution in [0.2, 0.25) is 0 Å². The molecule has 0 aromatic heterocycles. The number of ether oxygens (including phenoxy) is 1. The molecule has 26 heavy (non-hydrogen) atoms. The molecule has 0 radical (unpaired) electrons. The Morgan fingerprint density at radius 2 is 1.81 bits per heavy atom.